The molecule has 3 amide bonds. The molecule has 4 rings (SSSR count). The summed E-state index contributed by atoms with van der Waals surface area (Å²) in [7, 11) is 0. The van der Waals surface area contributed by atoms with Gasteiger partial charge in [0.25, 0.3) is 0 Å². The van der Waals surface area contributed by atoms with Crippen LogP contribution < -0.4 is 5.32 Å². The number of carbonyl (C=O) groups excluding carboxylic acids is 4. The number of nitrogens with zero attached hydrogens (tertiary/aromatic N) is 2. The van der Waals surface area contributed by atoms with Crippen molar-refractivity contribution in [1.29, 1.82) is 0 Å². The maximum Gasteiger partial charge on any atom is 0.313 e. The summed E-state index contributed by atoms with van der Waals surface area (Å²) in [6.07, 6.45) is 9.96. The third kappa shape index (κ3) is 5.38. The van der Waals surface area contributed by atoms with Crippen molar-refractivity contribution in [1.82, 2.24) is 15.1 Å². The van der Waals surface area contributed by atoms with E-state index in [0.717, 1.165) is 12.8 Å². The van der Waals surface area contributed by atoms with Crippen molar-refractivity contribution in [3.05, 3.63) is 24.3 Å². The van der Waals surface area contributed by atoms with Crippen LogP contribution in [0.4, 0.5) is 0 Å². The van der Waals surface area contributed by atoms with Crippen LogP contribution in [0.2, 0.25) is 0 Å². The van der Waals surface area contributed by atoms with Gasteiger partial charge in [-0.15, -0.1) is 0 Å². The minimum absolute atomic E-state index is 0.123. The third-order valence-electron chi connectivity index (χ3n) is 8.00. The average Bonchev–Trinajstić information content (AvgIpc) is 3.51. The molecule has 0 unspecified atom stereocenters. The second kappa shape index (κ2) is 12.0. The van der Waals surface area contributed by atoms with Gasteiger partial charge in [-0.1, -0.05) is 37.1 Å². The molecule has 0 aromatic carbocycles. The van der Waals surface area contributed by atoms with E-state index in [2.05, 4.69) is 5.32 Å². The summed E-state index contributed by atoms with van der Waals surface area (Å²) in [5.74, 6) is -2.88. The summed E-state index contributed by atoms with van der Waals surface area (Å²) in [5.41, 5.74) is -1.23. The monoisotopic (exact) mass is 531 g/mol. The van der Waals surface area contributed by atoms with Crippen LogP contribution in [0.25, 0.3) is 0 Å². The summed E-state index contributed by atoms with van der Waals surface area (Å²) in [4.78, 5) is 57.1. The number of unbranched alkanes of at least 4 members (excludes halogenated alkanes) is 3. The van der Waals surface area contributed by atoms with Gasteiger partial charge in [-0.05, 0) is 40.0 Å². The first-order valence-corrected chi connectivity index (χ1v) is 13.9. The van der Waals surface area contributed by atoms with Gasteiger partial charge < -0.3 is 29.7 Å². The van der Waals surface area contributed by atoms with Crippen LogP contribution in [0.5, 0.6) is 0 Å². The quantitative estimate of drug-likeness (QED) is 0.288. The fourth-order valence-electron chi connectivity index (χ4n) is 6.10. The largest absolute Gasteiger partial charge is 0.460 e. The smallest absolute Gasteiger partial charge is 0.313 e. The van der Waals surface area contributed by atoms with Crippen LogP contribution in [0.15, 0.2) is 24.3 Å². The number of allylic oxidation sites excluding steroid dienone is 1. The summed E-state index contributed by atoms with van der Waals surface area (Å²) in [6.45, 7) is 6.56. The number of carbonyl (C=O) groups is 4. The number of fused-ring (bicyclic) bond motifs is 2. The Morgan fingerprint density at radius 2 is 1.87 bits per heavy atom. The summed E-state index contributed by atoms with van der Waals surface area (Å²) >= 11 is 0. The third-order valence-corrected chi connectivity index (χ3v) is 8.00. The van der Waals surface area contributed by atoms with E-state index < -0.39 is 41.7 Å². The van der Waals surface area contributed by atoms with Crippen LogP contribution in [-0.4, -0.2) is 94.7 Å². The molecular weight excluding hydrogens is 490 g/mol. The highest BCUT2D eigenvalue weighted by Crippen LogP contribution is 2.55. The van der Waals surface area contributed by atoms with Gasteiger partial charge in [0.15, 0.2) is 0 Å². The summed E-state index contributed by atoms with van der Waals surface area (Å²) in [5, 5.41) is 11.9. The molecule has 5 bridgehead atoms. The number of rotatable bonds is 7. The highest BCUT2D eigenvalue weighted by molar-refractivity contribution is 5.99. The zero-order valence-electron chi connectivity index (χ0n) is 22.6. The van der Waals surface area contributed by atoms with Crippen molar-refractivity contribution in [2.24, 2.45) is 11.8 Å². The lowest BCUT2D eigenvalue weighted by Gasteiger charge is -2.37. The lowest BCUT2D eigenvalue weighted by Crippen LogP contribution is -2.57. The summed E-state index contributed by atoms with van der Waals surface area (Å²) in [6, 6.07) is -1.03. The first kappa shape index (κ1) is 28.3. The van der Waals surface area contributed by atoms with Gasteiger partial charge in [-0.3, -0.25) is 19.2 Å². The minimum atomic E-state index is -1.23. The first-order valence-electron chi connectivity index (χ1n) is 13.9. The van der Waals surface area contributed by atoms with Crippen molar-refractivity contribution in [2.45, 2.75) is 89.2 Å². The van der Waals surface area contributed by atoms with Crippen molar-refractivity contribution in [2.75, 3.05) is 26.2 Å². The van der Waals surface area contributed by atoms with Gasteiger partial charge in [0.2, 0.25) is 17.7 Å². The Balaban J connectivity index is 1.69. The molecule has 10 nitrogen and oxygen atoms in total. The zero-order chi connectivity index (χ0) is 27.4. The number of esters is 1. The Labute approximate surface area is 224 Å². The molecule has 2 fully saturated rings. The predicted molar refractivity (Wildman–Crippen MR) is 139 cm³/mol. The molecule has 0 aliphatic carbocycles. The highest BCUT2D eigenvalue weighted by atomic mass is 16.6. The molecule has 0 aromatic heterocycles. The molecule has 10 heteroatoms. The van der Waals surface area contributed by atoms with Gasteiger partial charge in [0, 0.05) is 32.2 Å². The molecular formula is C28H41N3O7. The first-order chi connectivity index (χ1) is 18.2. The number of amides is 3. The number of nitrogens with one attached hydrogen (secondary N) is 1. The van der Waals surface area contributed by atoms with Gasteiger partial charge in [-0.25, -0.2) is 0 Å². The summed E-state index contributed by atoms with van der Waals surface area (Å²) < 4.78 is 12.1. The van der Waals surface area contributed by atoms with Crippen molar-refractivity contribution >= 4 is 23.7 Å². The second-order valence-corrected chi connectivity index (χ2v) is 11.0. The Bertz CT molecular complexity index is 979. The Hall–Kier alpha value is -2.72. The van der Waals surface area contributed by atoms with Crippen molar-refractivity contribution < 1.29 is 33.8 Å². The predicted octanol–water partition coefficient (Wildman–Crippen LogP) is 1.32. The van der Waals surface area contributed by atoms with Crippen molar-refractivity contribution in [3.8, 4) is 0 Å². The molecule has 38 heavy (non-hydrogen) atoms. The Kier molecular flexibility index (Phi) is 8.92. The lowest BCUT2D eigenvalue weighted by atomic mass is 9.74. The minimum Gasteiger partial charge on any atom is -0.460 e. The maximum atomic E-state index is 14.2. The van der Waals surface area contributed by atoms with Crippen LogP contribution >= 0.6 is 0 Å². The molecule has 210 valence electrons. The fraction of sp³-hybridized carbons (Fsp3) is 0.714. The van der Waals surface area contributed by atoms with E-state index in [4.69, 9.17) is 14.6 Å². The molecule has 0 aromatic rings. The number of aliphatic hydroxyl groups is 1. The number of likely N-dealkylation sites (tertiary alicyclic amines) is 1. The van der Waals surface area contributed by atoms with E-state index in [1.807, 2.05) is 32.1 Å². The van der Waals surface area contributed by atoms with Gasteiger partial charge >= 0.3 is 5.97 Å². The second-order valence-electron chi connectivity index (χ2n) is 11.0. The standard InChI is InChI=1S/C28H41N3O7/c1-18(2)30-14-9-6-7-11-21(33)29-17-19(3)37-27(36)22-20-12-13-28(38-20)23(22)25(34)31(24(28)26(30)35)15-8-4-5-10-16-32/h6,9,12-13,18-20,22-24,32H,4-5,7-8,10-11,14-17H2,1-3H3,(H,29,33)/b9-6-/t19-,20+,22-,23-,24+,28-/m1/s1. The van der Waals surface area contributed by atoms with Gasteiger partial charge in [0.1, 0.15) is 23.7 Å². The van der Waals surface area contributed by atoms with Crippen LogP contribution in [0, 0.1) is 11.8 Å². The van der Waals surface area contributed by atoms with Gasteiger partial charge in [-0.2, -0.15) is 0 Å². The van der Waals surface area contributed by atoms with E-state index >= 15 is 0 Å². The topological polar surface area (TPSA) is 125 Å². The average molecular weight is 532 g/mol. The maximum absolute atomic E-state index is 14.2. The molecule has 4 heterocycles. The molecule has 0 saturated carbocycles. The van der Waals surface area contributed by atoms with E-state index in [-0.39, 0.29) is 36.9 Å². The number of ether oxygens (including phenoxy) is 2. The SMILES string of the molecule is CC(C)N1C/C=C\CCC(=O)NC[C@@H](C)OC(=O)[C@@H]2[C@@H]3C=C[C@]4(O3)[C@H](C1=O)N(CCCCCCO)C(=O)[C@@H]24. The Morgan fingerprint density at radius 3 is 2.61 bits per heavy atom. The molecule has 4 aliphatic rings. The van der Waals surface area contributed by atoms with Gasteiger partial charge in [0.05, 0.1) is 18.6 Å². The van der Waals surface area contributed by atoms with Crippen LogP contribution in [0.1, 0.15) is 59.3 Å². The van der Waals surface area contributed by atoms with E-state index in [0.29, 0.717) is 38.8 Å². The van der Waals surface area contributed by atoms with E-state index in [1.54, 1.807) is 22.8 Å². The molecule has 2 saturated heterocycles. The zero-order valence-corrected chi connectivity index (χ0v) is 22.6. The van der Waals surface area contributed by atoms with E-state index in [9.17, 15) is 19.2 Å². The normalized spacial score (nSPS) is 34.6. The van der Waals surface area contributed by atoms with Crippen LogP contribution in [0.3, 0.4) is 0 Å². The van der Waals surface area contributed by atoms with E-state index in [1.165, 1.54) is 0 Å². The van der Waals surface area contributed by atoms with Crippen LogP contribution in [-0.2, 0) is 28.7 Å². The molecule has 2 N–H and O–H groups in total. The lowest BCUT2D eigenvalue weighted by molar-refractivity contribution is -0.158. The van der Waals surface area contributed by atoms with Crippen molar-refractivity contribution in [3.63, 3.8) is 0 Å². The Morgan fingerprint density at radius 1 is 1.11 bits per heavy atom. The number of hydrogen-bond donors (Lipinski definition) is 2. The number of aliphatic hydroxyl groups excluding tert-OH is 1. The highest BCUT2D eigenvalue weighted by Gasteiger charge is 2.73. The molecule has 4 aliphatic heterocycles. The molecule has 0 radical (unpaired) electrons. The number of hydrogen-bond acceptors (Lipinski definition) is 7. The number of cyclic esters (lactones) is 1. The fourth-order valence-corrected chi connectivity index (χ4v) is 6.10. The molecule has 6 atom stereocenters. The molecule has 1 spiro atoms.